The van der Waals surface area contributed by atoms with Crippen LogP contribution < -0.4 is 20.1 Å². The minimum Gasteiger partial charge on any atom is -0.497 e. The fourth-order valence-electron chi connectivity index (χ4n) is 5.25. The van der Waals surface area contributed by atoms with E-state index >= 15 is 0 Å². The van der Waals surface area contributed by atoms with E-state index < -0.39 is 0 Å². The number of nitrogens with zero attached hydrogens (tertiary/aromatic N) is 3. The molecule has 1 aromatic heterocycles. The molecule has 194 valence electrons. The maximum Gasteiger partial charge on any atom is 0.201 e. The monoisotopic (exact) mass is 520 g/mol. The van der Waals surface area contributed by atoms with E-state index in [2.05, 4.69) is 29.2 Å². The first-order valence-electron chi connectivity index (χ1n) is 12.5. The Morgan fingerprint density at radius 3 is 2.49 bits per heavy atom. The van der Waals surface area contributed by atoms with Crippen molar-refractivity contribution in [3.8, 4) is 22.6 Å². The van der Waals surface area contributed by atoms with Gasteiger partial charge in [0.05, 0.1) is 25.4 Å². The molecule has 37 heavy (non-hydrogen) atoms. The van der Waals surface area contributed by atoms with Crippen LogP contribution in [-0.4, -0.2) is 43.5 Å². The van der Waals surface area contributed by atoms with Crippen LogP contribution in [-0.2, 0) is 11.8 Å². The van der Waals surface area contributed by atoms with Crippen molar-refractivity contribution >= 4 is 40.0 Å². The summed E-state index contributed by atoms with van der Waals surface area (Å²) in [6.45, 7) is 4.48. The first kappa shape index (κ1) is 25.2. The Balaban J connectivity index is 1.71. The van der Waals surface area contributed by atoms with E-state index in [0.29, 0.717) is 22.6 Å². The van der Waals surface area contributed by atoms with Crippen molar-refractivity contribution < 1.29 is 14.2 Å². The summed E-state index contributed by atoms with van der Waals surface area (Å²) >= 11 is 6.34. The average Bonchev–Trinajstić information content (AvgIpc) is 3.21. The zero-order valence-corrected chi connectivity index (χ0v) is 22.5. The third-order valence-electron chi connectivity index (χ3n) is 7.25. The number of ether oxygens (including phenoxy) is 3. The number of aromatic nitrogens is 2. The second-order valence-electron chi connectivity index (χ2n) is 9.52. The highest BCUT2D eigenvalue weighted by molar-refractivity contribution is 6.31. The van der Waals surface area contributed by atoms with Crippen molar-refractivity contribution in [1.29, 1.82) is 0 Å². The Morgan fingerprint density at radius 1 is 1.08 bits per heavy atom. The molecule has 3 aromatic carbocycles. The number of fused-ring (bicyclic) bond motifs is 1. The second-order valence-corrected chi connectivity index (χ2v) is 9.96. The minimum atomic E-state index is 0.454. The lowest BCUT2D eigenvalue weighted by Crippen LogP contribution is -2.29. The lowest BCUT2D eigenvalue weighted by molar-refractivity contribution is 0.0688. The fourth-order valence-corrected chi connectivity index (χ4v) is 5.51. The third kappa shape index (κ3) is 4.81. The summed E-state index contributed by atoms with van der Waals surface area (Å²) < 4.78 is 18.7. The summed E-state index contributed by atoms with van der Waals surface area (Å²) in [4.78, 5) is 7.19. The summed E-state index contributed by atoms with van der Waals surface area (Å²) in [6.07, 6.45) is 2.06. The van der Waals surface area contributed by atoms with Crippen LogP contribution in [0, 0.1) is 12.8 Å². The smallest absolute Gasteiger partial charge is 0.201 e. The van der Waals surface area contributed by atoms with Gasteiger partial charge in [-0.15, -0.1) is 0 Å². The van der Waals surface area contributed by atoms with E-state index in [1.807, 2.05) is 42.8 Å². The quantitative estimate of drug-likeness (QED) is 0.305. The minimum absolute atomic E-state index is 0.454. The molecule has 1 aliphatic heterocycles. The summed E-state index contributed by atoms with van der Waals surface area (Å²) in [5, 5.41) is 0.633. The van der Waals surface area contributed by atoms with Gasteiger partial charge in [0, 0.05) is 48.6 Å². The van der Waals surface area contributed by atoms with E-state index in [0.717, 1.165) is 77.4 Å². The molecule has 2 N–H and O–H groups in total. The molecule has 0 saturated carbocycles. The molecule has 0 bridgehead atoms. The first-order chi connectivity index (χ1) is 17.9. The van der Waals surface area contributed by atoms with Crippen molar-refractivity contribution in [2.75, 3.05) is 44.6 Å². The highest BCUT2D eigenvalue weighted by Gasteiger charge is 2.25. The van der Waals surface area contributed by atoms with Crippen LogP contribution in [0.2, 0.25) is 5.02 Å². The van der Waals surface area contributed by atoms with Crippen LogP contribution in [0.3, 0.4) is 0 Å². The van der Waals surface area contributed by atoms with Crippen LogP contribution in [0.25, 0.3) is 22.2 Å². The maximum atomic E-state index is 6.41. The molecular weight excluding hydrogens is 488 g/mol. The molecule has 1 aliphatic rings. The molecule has 7 nitrogen and oxygen atoms in total. The number of hydrogen-bond donors (Lipinski definition) is 1. The van der Waals surface area contributed by atoms with Gasteiger partial charge < -0.3 is 29.4 Å². The number of nitrogen functional groups attached to an aromatic ring is 1. The van der Waals surface area contributed by atoms with Gasteiger partial charge in [-0.3, -0.25) is 0 Å². The number of methoxy groups -OCH3 is 2. The number of anilines is 3. The summed E-state index contributed by atoms with van der Waals surface area (Å²) in [5.74, 6) is 2.49. The van der Waals surface area contributed by atoms with Gasteiger partial charge in [0.1, 0.15) is 17.0 Å². The van der Waals surface area contributed by atoms with Gasteiger partial charge in [0.25, 0.3) is 0 Å². The second kappa shape index (κ2) is 10.5. The van der Waals surface area contributed by atoms with Crippen molar-refractivity contribution in [3.63, 3.8) is 0 Å². The van der Waals surface area contributed by atoms with Crippen molar-refractivity contribution in [3.05, 3.63) is 59.1 Å². The zero-order valence-electron chi connectivity index (χ0n) is 21.8. The van der Waals surface area contributed by atoms with Gasteiger partial charge in [-0.25, -0.2) is 4.98 Å². The molecule has 0 atom stereocenters. The molecule has 1 fully saturated rings. The molecule has 0 radical (unpaired) electrons. The topological polar surface area (TPSA) is 74.8 Å². The van der Waals surface area contributed by atoms with Gasteiger partial charge in [0.15, 0.2) is 0 Å². The number of halogens is 1. The van der Waals surface area contributed by atoms with Crippen LogP contribution >= 0.6 is 11.6 Å². The maximum absolute atomic E-state index is 6.41. The van der Waals surface area contributed by atoms with E-state index in [-0.39, 0.29) is 0 Å². The van der Waals surface area contributed by atoms with Gasteiger partial charge in [0.2, 0.25) is 5.95 Å². The number of imidazole rings is 1. The molecule has 2 heterocycles. The Labute approximate surface area is 222 Å². The summed E-state index contributed by atoms with van der Waals surface area (Å²) in [5.41, 5.74) is 13.3. The van der Waals surface area contributed by atoms with E-state index in [9.17, 15) is 0 Å². The summed E-state index contributed by atoms with van der Waals surface area (Å²) in [7, 11) is 5.30. The molecule has 0 aliphatic carbocycles. The Hall–Kier alpha value is -3.42. The standard InChI is InChI=1S/C29H33ClN4O3/c1-18-15-20(30)16-25(36-4)26(18)23-9-10-24(28-27(23)32-29(31)33(28)2)34(17-19-11-13-37-14-12-19)21-5-7-22(35-3)8-6-21/h5-10,15-16,19H,11-14,17H2,1-4H3,(H2,31,32). The van der Waals surface area contributed by atoms with Crippen LogP contribution in [0.1, 0.15) is 18.4 Å². The van der Waals surface area contributed by atoms with Gasteiger partial charge in [-0.05, 0) is 79.8 Å². The molecule has 0 spiro atoms. The number of nitrogens with two attached hydrogens (primary N) is 1. The predicted octanol–water partition coefficient (Wildman–Crippen LogP) is 6.37. The predicted molar refractivity (Wildman–Crippen MR) is 150 cm³/mol. The Bertz CT molecular complexity index is 1410. The van der Waals surface area contributed by atoms with E-state index in [1.165, 1.54) is 0 Å². The molecule has 4 aromatic rings. The van der Waals surface area contributed by atoms with Crippen molar-refractivity contribution in [2.45, 2.75) is 19.8 Å². The number of benzene rings is 3. The summed E-state index contributed by atoms with van der Waals surface area (Å²) in [6, 6.07) is 16.3. The highest BCUT2D eigenvalue weighted by Crippen LogP contribution is 2.43. The largest absolute Gasteiger partial charge is 0.497 e. The Morgan fingerprint density at radius 2 is 1.81 bits per heavy atom. The SMILES string of the molecule is COc1ccc(N(CC2CCOCC2)c2ccc(-c3c(C)cc(Cl)cc3OC)c3nc(N)n(C)c23)cc1. The molecular formula is C29H33ClN4O3. The highest BCUT2D eigenvalue weighted by atomic mass is 35.5. The lowest BCUT2D eigenvalue weighted by atomic mass is 9.96. The normalized spacial score (nSPS) is 14.2. The molecule has 8 heteroatoms. The van der Waals surface area contributed by atoms with Crippen LogP contribution in [0.5, 0.6) is 11.5 Å². The van der Waals surface area contributed by atoms with Crippen molar-refractivity contribution in [2.24, 2.45) is 13.0 Å². The molecule has 5 rings (SSSR count). The first-order valence-corrected chi connectivity index (χ1v) is 12.9. The van der Waals surface area contributed by atoms with E-state index in [1.54, 1.807) is 14.2 Å². The fraction of sp³-hybridized carbons (Fsp3) is 0.345. The van der Waals surface area contributed by atoms with Crippen molar-refractivity contribution in [1.82, 2.24) is 9.55 Å². The third-order valence-corrected chi connectivity index (χ3v) is 7.46. The zero-order chi connectivity index (χ0) is 26.1. The van der Waals surface area contributed by atoms with Gasteiger partial charge in [-0.2, -0.15) is 0 Å². The number of hydrogen-bond acceptors (Lipinski definition) is 6. The molecule has 0 unspecified atom stereocenters. The lowest BCUT2D eigenvalue weighted by Gasteiger charge is -2.32. The van der Waals surface area contributed by atoms with Crippen LogP contribution in [0.4, 0.5) is 17.3 Å². The number of aryl methyl sites for hydroxylation is 2. The average molecular weight is 521 g/mol. The Kier molecular flexibility index (Phi) is 7.17. The molecule has 0 amide bonds. The molecule has 1 saturated heterocycles. The number of rotatable bonds is 7. The van der Waals surface area contributed by atoms with Crippen LogP contribution in [0.15, 0.2) is 48.5 Å². The van der Waals surface area contributed by atoms with Gasteiger partial charge >= 0.3 is 0 Å². The van der Waals surface area contributed by atoms with Gasteiger partial charge in [-0.1, -0.05) is 11.6 Å². The van der Waals surface area contributed by atoms with E-state index in [4.69, 9.17) is 36.5 Å².